The average Bonchev–Trinajstić information content (AvgIpc) is 2.69. The highest BCUT2D eigenvalue weighted by molar-refractivity contribution is 6.31. The van der Waals surface area contributed by atoms with Gasteiger partial charge in [-0.25, -0.2) is 0 Å². The maximum absolute atomic E-state index is 11.9. The third-order valence-electron chi connectivity index (χ3n) is 3.99. The maximum atomic E-state index is 11.9. The summed E-state index contributed by atoms with van der Waals surface area (Å²) in [4.78, 5) is 16.2. The van der Waals surface area contributed by atoms with Crippen LogP contribution in [0.1, 0.15) is 5.56 Å². The zero-order chi connectivity index (χ0) is 19.1. The standard InChI is InChI=1S/C21H20ClN3O2/c1-27-17-6-2-15(3-7-17)4-9-21(26)25-13-12-24-19-10-11-23-20-14-16(22)5-8-18(19)20/h2-11,14H,12-13H2,1H3,(H,23,24)(H,25,26)/b9-4+. The molecule has 138 valence electrons. The van der Waals surface area contributed by atoms with Gasteiger partial charge in [-0.1, -0.05) is 23.7 Å². The van der Waals surface area contributed by atoms with Gasteiger partial charge in [-0.05, 0) is 48.0 Å². The zero-order valence-corrected chi connectivity index (χ0v) is 15.7. The van der Waals surface area contributed by atoms with Crippen LogP contribution < -0.4 is 15.4 Å². The van der Waals surface area contributed by atoms with E-state index in [0.29, 0.717) is 18.1 Å². The van der Waals surface area contributed by atoms with Crippen LogP contribution in [0.4, 0.5) is 5.69 Å². The molecule has 1 amide bonds. The molecule has 0 saturated carbocycles. The summed E-state index contributed by atoms with van der Waals surface area (Å²) < 4.78 is 5.11. The normalized spacial score (nSPS) is 10.9. The number of fused-ring (bicyclic) bond motifs is 1. The van der Waals surface area contributed by atoms with Gasteiger partial charge in [0.2, 0.25) is 5.91 Å². The fourth-order valence-electron chi connectivity index (χ4n) is 2.60. The predicted octanol–water partition coefficient (Wildman–Crippen LogP) is 4.14. The second-order valence-corrected chi connectivity index (χ2v) is 6.28. The van der Waals surface area contributed by atoms with Crippen LogP contribution in [0.5, 0.6) is 5.75 Å². The van der Waals surface area contributed by atoms with Gasteiger partial charge in [0.25, 0.3) is 0 Å². The number of nitrogens with one attached hydrogen (secondary N) is 2. The molecule has 0 radical (unpaired) electrons. The maximum Gasteiger partial charge on any atom is 0.244 e. The number of aromatic nitrogens is 1. The van der Waals surface area contributed by atoms with Crippen LogP contribution in [0.15, 0.2) is 60.8 Å². The Bertz CT molecular complexity index is 955. The summed E-state index contributed by atoms with van der Waals surface area (Å²) in [6.45, 7) is 1.10. The second kappa shape index (κ2) is 9.05. The van der Waals surface area contributed by atoms with Crippen LogP contribution in [0.25, 0.3) is 17.0 Å². The first kappa shape index (κ1) is 18.7. The molecule has 3 aromatic rings. The van der Waals surface area contributed by atoms with E-state index < -0.39 is 0 Å². The Morgan fingerprint density at radius 3 is 2.74 bits per heavy atom. The van der Waals surface area contributed by atoms with E-state index in [2.05, 4.69) is 15.6 Å². The number of anilines is 1. The molecule has 0 aliphatic heterocycles. The first-order valence-electron chi connectivity index (χ1n) is 8.54. The van der Waals surface area contributed by atoms with Crippen LogP contribution in [-0.2, 0) is 4.79 Å². The second-order valence-electron chi connectivity index (χ2n) is 5.84. The van der Waals surface area contributed by atoms with E-state index in [0.717, 1.165) is 27.9 Å². The van der Waals surface area contributed by atoms with Crippen LogP contribution in [0.3, 0.4) is 0 Å². The number of hydrogen-bond acceptors (Lipinski definition) is 4. The van der Waals surface area contributed by atoms with Gasteiger partial charge in [-0.2, -0.15) is 0 Å². The van der Waals surface area contributed by atoms with Crippen molar-refractivity contribution in [2.75, 3.05) is 25.5 Å². The Kier molecular flexibility index (Phi) is 6.28. The SMILES string of the molecule is COc1ccc(/C=C/C(=O)NCCNc2ccnc3cc(Cl)ccc23)cc1. The van der Waals surface area contributed by atoms with Gasteiger partial charge >= 0.3 is 0 Å². The lowest BCUT2D eigenvalue weighted by atomic mass is 10.2. The minimum Gasteiger partial charge on any atom is -0.497 e. The van der Waals surface area contributed by atoms with Crippen molar-refractivity contribution in [2.24, 2.45) is 0 Å². The molecule has 5 nitrogen and oxygen atoms in total. The predicted molar refractivity (Wildman–Crippen MR) is 110 cm³/mol. The summed E-state index contributed by atoms with van der Waals surface area (Å²) in [6, 6.07) is 15.0. The molecule has 0 saturated heterocycles. The number of halogens is 1. The molecule has 0 bridgehead atoms. The summed E-state index contributed by atoms with van der Waals surface area (Å²) in [5.41, 5.74) is 2.73. The number of carbonyl (C=O) groups excluding carboxylic acids is 1. The number of pyridine rings is 1. The van der Waals surface area contributed by atoms with E-state index in [4.69, 9.17) is 16.3 Å². The Hall–Kier alpha value is -3.05. The molecule has 0 fully saturated rings. The van der Waals surface area contributed by atoms with Gasteiger partial charge in [0.05, 0.1) is 12.6 Å². The van der Waals surface area contributed by atoms with Crippen LogP contribution >= 0.6 is 11.6 Å². The number of ether oxygens (including phenoxy) is 1. The smallest absolute Gasteiger partial charge is 0.244 e. The number of rotatable bonds is 7. The monoisotopic (exact) mass is 381 g/mol. The summed E-state index contributed by atoms with van der Waals surface area (Å²) in [5.74, 6) is 0.646. The van der Waals surface area contributed by atoms with Crippen molar-refractivity contribution >= 4 is 40.2 Å². The lowest BCUT2D eigenvalue weighted by Gasteiger charge is -2.10. The van der Waals surface area contributed by atoms with Gasteiger partial charge in [0.1, 0.15) is 5.75 Å². The molecule has 27 heavy (non-hydrogen) atoms. The van der Waals surface area contributed by atoms with Gasteiger partial charge in [0, 0.05) is 41.5 Å². The van der Waals surface area contributed by atoms with Crippen molar-refractivity contribution in [3.63, 3.8) is 0 Å². The van der Waals surface area contributed by atoms with Crippen LogP contribution in [0, 0.1) is 0 Å². The van der Waals surface area contributed by atoms with E-state index in [1.54, 1.807) is 19.4 Å². The summed E-state index contributed by atoms with van der Waals surface area (Å²) in [6.07, 6.45) is 5.02. The minimum absolute atomic E-state index is 0.140. The number of methoxy groups -OCH3 is 1. The summed E-state index contributed by atoms with van der Waals surface area (Å²) >= 11 is 6.00. The zero-order valence-electron chi connectivity index (χ0n) is 14.9. The molecular formula is C21H20ClN3O2. The number of amides is 1. The van der Waals surface area contributed by atoms with E-state index in [1.165, 1.54) is 6.08 Å². The molecule has 2 N–H and O–H groups in total. The van der Waals surface area contributed by atoms with Crippen molar-refractivity contribution in [1.82, 2.24) is 10.3 Å². The summed E-state index contributed by atoms with van der Waals surface area (Å²) in [5, 5.41) is 7.82. The molecule has 0 aliphatic rings. The molecule has 0 unspecified atom stereocenters. The van der Waals surface area contributed by atoms with Gasteiger partial charge < -0.3 is 15.4 Å². The molecule has 0 spiro atoms. The fraction of sp³-hybridized carbons (Fsp3) is 0.143. The number of hydrogen-bond donors (Lipinski definition) is 2. The summed E-state index contributed by atoms with van der Waals surface area (Å²) in [7, 11) is 1.62. The lowest BCUT2D eigenvalue weighted by Crippen LogP contribution is -2.27. The minimum atomic E-state index is -0.140. The Balaban J connectivity index is 1.48. The lowest BCUT2D eigenvalue weighted by molar-refractivity contribution is -0.116. The quantitative estimate of drug-likeness (QED) is 0.477. The highest BCUT2D eigenvalue weighted by atomic mass is 35.5. The Morgan fingerprint density at radius 1 is 1.15 bits per heavy atom. The Labute approximate surface area is 163 Å². The third-order valence-corrected chi connectivity index (χ3v) is 4.22. The van der Waals surface area contributed by atoms with Crippen molar-refractivity contribution < 1.29 is 9.53 Å². The molecule has 0 aliphatic carbocycles. The van der Waals surface area contributed by atoms with Crippen molar-refractivity contribution in [2.45, 2.75) is 0 Å². The van der Waals surface area contributed by atoms with Gasteiger partial charge in [-0.3, -0.25) is 9.78 Å². The molecule has 1 heterocycles. The van der Waals surface area contributed by atoms with Gasteiger partial charge in [0.15, 0.2) is 0 Å². The fourth-order valence-corrected chi connectivity index (χ4v) is 2.77. The van der Waals surface area contributed by atoms with Gasteiger partial charge in [-0.15, -0.1) is 0 Å². The van der Waals surface area contributed by atoms with Crippen molar-refractivity contribution in [1.29, 1.82) is 0 Å². The molecule has 2 aromatic carbocycles. The number of benzene rings is 2. The van der Waals surface area contributed by atoms with E-state index in [1.807, 2.05) is 48.5 Å². The molecular weight excluding hydrogens is 362 g/mol. The van der Waals surface area contributed by atoms with Crippen molar-refractivity contribution in [3.8, 4) is 5.75 Å². The molecule has 0 atom stereocenters. The Morgan fingerprint density at radius 2 is 1.96 bits per heavy atom. The highest BCUT2D eigenvalue weighted by Crippen LogP contribution is 2.24. The highest BCUT2D eigenvalue weighted by Gasteiger charge is 2.02. The van der Waals surface area contributed by atoms with Crippen LogP contribution in [0.2, 0.25) is 5.02 Å². The first-order chi connectivity index (χ1) is 13.2. The average molecular weight is 382 g/mol. The van der Waals surface area contributed by atoms with Crippen LogP contribution in [-0.4, -0.2) is 31.1 Å². The van der Waals surface area contributed by atoms with E-state index in [9.17, 15) is 4.79 Å². The number of carbonyl (C=O) groups is 1. The van der Waals surface area contributed by atoms with Crippen molar-refractivity contribution in [3.05, 3.63) is 71.4 Å². The number of nitrogens with zero attached hydrogens (tertiary/aromatic N) is 1. The van der Waals surface area contributed by atoms with E-state index >= 15 is 0 Å². The molecule has 1 aromatic heterocycles. The van der Waals surface area contributed by atoms with E-state index in [-0.39, 0.29) is 5.91 Å². The topological polar surface area (TPSA) is 63.2 Å². The third kappa shape index (κ3) is 5.21. The molecule has 3 rings (SSSR count). The first-order valence-corrected chi connectivity index (χ1v) is 8.91. The largest absolute Gasteiger partial charge is 0.497 e. The molecule has 6 heteroatoms.